The highest BCUT2D eigenvalue weighted by atomic mass is 35.5. The van der Waals surface area contributed by atoms with Gasteiger partial charge in [0, 0.05) is 11.8 Å². The second kappa shape index (κ2) is 9.72. The number of rotatable bonds is 6. The third kappa shape index (κ3) is 5.49. The van der Waals surface area contributed by atoms with Gasteiger partial charge in [-0.25, -0.2) is 4.98 Å². The van der Waals surface area contributed by atoms with E-state index in [-0.39, 0.29) is 0 Å². The number of aromatic nitrogens is 2. The largest absolute Gasteiger partial charge is 0.495 e. The molecule has 0 bridgehead atoms. The van der Waals surface area contributed by atoms with Gasteiger partial charge in [-0.1, -0.05) is 23.7 Å². The van der Waals surface area contributed by atoms with Gasteiger partial charge in [-0.3, -0.25) is 0 Å². The molecule has 0 atom stereocenters. The van der Waals surface area contributed by atoms with E-state index in [1.807, 2.05) is 24.3 Å². The highest BCUT2D eigenvalue weighted by Gasteiger charge is 2.19. The molecule has 0 saturated heterocycles. The van der Waals surface area contributed by atoms with Crippen LogP contribution in [-0.4, -0.2) is 48.9 Å². The van der Waals surface area contributed by atoms with Gasteiger partial charge in [0.15, 0.2) is 5.82 Å². The zero-order valence-corrected chi connectivity index (χ0v) is 21.0. The van der Waals surface area contributed by atoms with Crippen molar-refractivity contribution in [2.75, 3.05) is 44.7 Å². The second-order valence-corrected chi connectivity index (χ2v) is 12.3. The normalized spacial score (nSPS) is 14.3. The second-order valence-electron chi connectivity index (χ2n) is 8.67. The number of hydrogen-bond acceptors (Lipinski definition) is 7. The lowest BCUT2D eigenvalue weighted by Gasteiger charge is -2.18. The number of hydrogen-bond donors (Lipinski definition) is 2. The van der Waals surface area contributed by atoms with E-state index in [2.05, 4.69) is 44.7 Å². The first-order valence-electron chi connectivity index (χ1n) is 10.8. The molecule has 0 saturated carbocycles. The van der Waals surface area contributed by atoms with Crippen molar-refractivity contribution in [1.29, 1.82) is 0 Å². The maximum Gasteiger partial charge on any atom is 0.229 e. The van der Waals surface area contributed by atoms with Crippen LogP contribution in [0.25, 0.3) is 0 Å². The summed E-state index contributed by atoms with van der Waals surface area (Å²) in [5, 5.41) is 7.63. The number of nitrogens with zero attached hydrogens (tertiary/aromatic N) is 3. The Bertz CT molecular complexity index is 1210. The fourth-order valence-electron chi connectivity index (χ4n) is 4.03. The topological polar surface area (TPSA) is 79.4 Å². The molecule has 4 rings (SSSR count). The SMILES string of the molecule is COc1cc2c(cc1Nc1ncc(Cl)c(Nc3ccccc3P(C)(C)=O)n1)CCCN(C)C2. The summed E-state index contributed by atoms with van der Waals surface area (Å²) in [5.74, 6) is 1.56. The van der Waals surface area contributed by atoms with E-state index >= 15 is 0 Å². The van der Waals surface area contributed by atoms with Crippen molar-refractivity contribution in [3.63, 3.8) is 0 Å². The molecule has 9 heteroatoms. The Labute approximate surface area is 199 Å². The van der Waals surface area contributed by atoms with Crippen molar-refractivity contribution >= 4 is 47.2 Å². The minimum Gasteiger partial charge on any atom is -0.495 e. The van der Waals surface area contributed by atoms with E-state index in [0.717, 1.165) is 42.7 Å². The quantitative estimate of drug-likeness (QED) is 0.461. The zero-order valence-electron chi connectivity index (χ0n) is 19.4. The van der Waals surface area contributed by atoms with E-state index in [9.17, 15) is 4.57 Å². The molecule has 2 N–H and O–H groups in total. The van der Waals surface area contributed by atoms with Crippen LogP contribution in [0.1, 0.15) is 17.5 Å². The maximum absolute atomic E-state index is 12.7. The molecule has 0 aliphatic carbocycles. The van der Waals surface area contributed by atoms with Crippen LogP contribution in [0.15, 0.2) is 42.6 Å². The van der Waals surface area contributed by atoms with Gasteiger partial charge in [0.25, 0.3) is 0 Å². The maximum atomic E-state index is 12.7. The smallest absolute Gasteiger partial charge is 0.229 e. The lowest BCUT2D eigenvalue weighted by atomic mass is 10.0. The molecule has 0 spiro atoms. The number of para-hydroxylation sites is 1. The molecule has 1 aliphatic rings. The average molecular weight is 486 g/mol. The van der Waals surface area contributed by atoms with Crippen LogP contribution in [0, 0.1) is 0 Å². The summed E-state index contributed by atoms with van der Waals surface area (Å²) < 4.78 is 18.4. The Morgan fingerprint density at radius 2 is 1.91 bits per heavy atom. The van der Waals surface area contributed by atoms with Gasteiger partial charge in [0.2, 0.25) is 5.95 Å². The number of methoxy groups -OCH3 is 1. The van der Waals surface area contributed by atoms with E-state index in [0.29, 0.717) is 22.5 Å². The standard InChI is InChI=1S/C24H29ClN5O2P/c1-30-11-7-8-16-12-20(21(32-2)13-17(16)15-30)28-24-26-14-18(25)23(29-24)27-19-9-5-6-10-22(19)33(3,4)31/h5-6,9-10,12-14H,7-8,11,15H2,1-4H3,(H2,26,27,28,29). The molecule has 0 fully saturated rings. The van der Waals surface area contributed by atoms with Crippen LogP contribution in [-0.2, 0) is 17.5 Å². The predicted octanol–water partition coefficient (Wildman–Crippen LogP) is 5.25. The molecule has 3 aromatic rings. The van der Waals surface area contributed by atoms with E-state index in [1.165, 1.54) is 11.1 Å². The monoisotopic (exact) mass is 485 g/mol. The number of fused-ring (bicyclic) bond motifs is 1. The Kier molecular flexibility index (Phi) is 6.94. The highest BCUT2D eigenvalue weighted by Crippen LogP contribution is 2.39. The van der Waals surface area contributed by atoms with Crippen molar-refractivity contribution in [2.24, 2.45) is 0 Å². The van der Waals surface area contributed by atoms with Gasteiger partial charge in [-0.15, -0.1) is 0 Å². The fourth-order valence-corrected chi connectivity index (χ4v) is 5.33. The van der Waals surface area contributed by atoms with Crippen LogP contribution in [0.3, 0.4) is 0 Å². The molecule has 1 aromatic heterocycles. The lowest BCUT2D eigenvalue weighted by Crippen LogP contribution is -2.17. The Morgan fingerprint density at radius 1 is 1.12 bits per heavy atom. The number of benzene rings is 2. The Hall–Kier alpha value is -2.60. The Balaban J connectivity index is 1.65. The van der Waals surface area contributed by atoms with Crippen LogP contribution in [0.2, 0.25) is 5.02 Å². The number of nitrogens with one attached hydrogen (secondary N) is 2. The van der Waals surface area contributed by atoms with E-state index < -0.39 is 7.14 Å². The fraction of sp³-hybridized carbons (Fsp3) is 0.333. The van der Waals surface area contributed by atoms with Crippen LogP contribution < -0.4 is 20.7 Å². The molecular weight excluding hydrogens is 457 g/mol. The van der Waals surface area contributed by atoms with Gasteiger partial charge in [0.1, 0.15) is 17.9 Å². The van der Waals surface area contributed by atoms with E-state index in [1.54, 1.807) is 26.6 Å². The summed E-state index contributed by atoms with van der Waals surface area (Å²) in [5.41, 5.74) is 4.09. The molecule has 33 heavy (non-hydrogen) atoms. The van der Waals surface area contributed by atoms with Crippen LogP contribution in [0.4, 0.5) is 23.1 Å². The number of halogens is 1. The molecule has 1 aliphatic heterocycles. The van der Waals surface area contributed by atoms with Gasteiger partial charge < -0.3 is 24.8 Å². The first-order chi connectivity index (χ1) is 15.7. The predicted molar refractivity (Wildman–Crippen MR) is 137 cm³/mol. The third-order valence-electron chi connectivity index (χ3n) is 5.68. The minimum absolute atomic E-state index is 0.370. The Morgan fingerprint density at radius 3 is 2.67 bits per heavy atom. The molecule has 0 radical (unpaired) electrons. The first kappa shape index (κ1) is 23.6. The van der Waals surface area contributed by atoms with Gasteiger partial charge in [-0.2, -0.15) is 4.98 Å². The van der Waals surface area contributed by atoms with Crippen molar-refractivity contribution in [1.82, 2.24) is 14.9 Å². The summed E-state index contributed by atoms with van der Waals surface area (Å²) in [6.45, 7) is 5.45. The van der Waals surface area contributed by atoms with Gasteiger partial charge >= 0.3 is 0 Å². The lowest BCUT2D eigenvalue weighted by molar-refractivity contribution is 0.331. The summed E-state index contributed by atoms with van der Waals surface area (Å²) in [6.07, 6.45) is 3.67. The summed E-state index contributed by atoms with van der Waals surface area (Å²) >= 11 is 6.39. The number of aryl methyl sites for hydroxylation is 1. The van der Waals surface area contributed by atoms with Crippen LogP contribution in [0.5, 0.6) is 5.75 Å². The molecule has 174 valence electrons. The van der Waals surface area contributed by atoms with Crippen molar-refractivity contribution in [3.8, 4) is 5.75 Å². The molecule has 7 nitrogen and oxygen atoms in total. The number of anilines is 4. The first-order valence-corrected chi connectivity index (χ1v) is 13.8. The zero-order chi connectivity index (χ0) is 23.6. The molecule has 2 heterocycles. The third-order valence-corrected chi connectivity index (χ3v) is 7.50. The summed E-state index contributed by atoms with van der Waals surface area (Å²) in [6, 6.07) is 11.7. The van der Waals surface area contributed by atoms with Gasteiger partial charge in [-0.05, 0) is 75.2 Å². The number of ether oxygens (including phenoxy) is 1. The molecule has 0 amide bonds. The van der Waals surface area contributed by atoms with E-state index in [4.69, 9.17) is 16.3 Å². The van der Waals surface area contributed by atoms with Crippen LogP contribution >= 0.6 is 18.7 Å². The summed E-state index contributed by atoms with van der Waals surface area (Å²) in [4.78, 5) is 11.3. The van der Waals surface area contributed by atoms with Crippen molar-refractivity contribution in [2.45, 2.75) is 19.4 Å². The highest BCUT2D eigenvalue weighted by molar-refractivity contribution is 7.70. The average Bonchev–Trinajstić information content (AvgIpc) is 2.95. The minimum atomic E-state index is -2.49. The summed E-state index contributed by atoms with van der Waals surface area (Å²) in [7, 11) is 1.31. The van der Waals surface area contributed by atoms with Gasteiger partial charge in [0.05, 0.1) is 24.7 Å². The van der Waals surface area contributed by atoms with Crippen molar-refractivity contribution in [3.05, 3.63) is 58.7 Å². The van der Waals surface area contributed by atoms with Crippen molar-refractivity contribution < 1.29 is 9.30 Å². The molecular formula is C24H29ClN5O2P. The molecule has 0 unspecified atom stereocenters. The molecule has 2 aromatic carbocycles.